The molecule has 1 aromatic rings. The smallest absolute Gasteiger partial charge is 0.238 e. The van der Waals surface area contributed by atoms with Gasteiger partial charge in [0, 0.05) is 42.2 Å². The van der Waals surface area contributed by atoms with Gasteiger partial charge in [-0.2, -0.15) is 0 Å². The molecule has 0 bridgehead atoms. The highest BCUT2D eigenvalue weighted by molar-refractivity contribution is 9.10. The number of nitrogens with zero attached hydrogens (tertiary/aromatic N) is 1. The fourth-order valence-corrected chi connectivity index (χ4v) is 2.94. The number of likely N-dealkylation sites (N-methyl/N-ethyl adjacent to an activating group) is 1. The van der Waals surface area contributed by atoms with Gasteiger partial charge in [-0.25, -0.2) is 0 Å². The fourth-order valence-electron chi connectivity index (χ4n) is 2.37. The van der Waals surface area contributed by atoms with Gasteiger partial charge in [0.15, 0.2) is 0 Å². The third-order valence-corrected chi connectivity index (χ3v) is 4.40. The van der Waals surface area contributed by atoms with E-state index in [1.165, 1.54) is 0 Å². The summed E-state index contributed by atoms with van der Waals surface area (Å²) in [5, 5.41) is 6.89. The Balaban J connectivity index is 2.12. The van der Waals surface area contributed by atoms with Crippen LogP contribution in [-0.4, -0.2) is 43.0 Å². The van der Waals surface area contributed by atoms with Crippen LogP contribution >= 0.6 is 27.5 Å². The molecule has 0 spiro atoms. The molecule has 0 aliphatic carbocycles. The summed E-state index contributed by atoms with van der Waals surface area (Å²) >= 11 is 9.60. The van der Waals surface area contributed by atoms with Crippen molar-refractivity contribution in [3.05, 3.63) is 33.3 Å². The van der Waals surface area contributed by atoms with Crippen LogP contribution in [-0.2, 0) is 11.3 Å². The molecule has 1 fully saturated rings. The maximum absolute atomic E-state index is 12.1. The molecule has 110 valence electrons. The average molecular weight is 361 g/mol. The van der Waals surface area contributed by atoms with Gasteiger partial charge < -0.3 is 10.6 Å². The predicted molar refractivity (Wildman–Crippen MR) is 84.9 cm³/mol. The van der Waals surface area contributed by atoms with Crippen molar-refractivity contribution in [3.63, 3.8) is 0 Å². The van der Waals surface area contributed by atoms with Crippen molar-refractivity contribution < 1.29 is 4.79 Å². The average Bonchev–Trinajstić information content (AvgIpc) is 2.44. The summed E-state index contributed by atoms with van der Waals surface area (Å²) in [5.74, 6) is 0.0813. The normalized spacial score (nSPS) is 19.9. The fraction of sp³-hybridized carbons (Fsp3) is 0.500. The summed E-state index contributed by atoms with van der Waals surface area (Å²) in [5.41, 5.74) is 1.11. The monoisotopic (exact) mass is 359 g/mol. The van der Waals surface area contributed by atoms with E-state index in [1.54, 1.807) is 0 Å². The van der Waals surface area contributed by atoms with E-state index in [4.69, 9.17) is 11.6 Å². The lowest BCUT2D eigenvalue weighted by atomic mass is 10.1. The predicted octanol–water partition coefficient (Wildman–Crippen LogP) is 2.01. The van der Waals surface area contributed by atoms with Gasteiger partial charge in [0.05, 0.1) is 0 Å². The molecule has 20 heavy (non-hydrogen) atoms. The van der Waals surface area contributed by atoms with Crippen LogP contribution in [0.4, 0.5) is 0 Å². The van der Waals surface area contributed by atoms with Crippen LogP contribution in [0.15, 0.2) is 22.7 Å². The molecule has 4 nitrogen and oxygen atoms in total. The maximum Gasteiger partial charge on any atom is 0.238 e. The SMILES string of the molecule is CCNC(=O)C1CNCCN1Cc1cc(Cl)ccc1Br. The number of hydrogen-bond acceptors (Lipinski definition) is 3. The van der Waals surface area contributed by atoms with Crippen LogP contribution in [0.2, 0.25) is 5.02 Å². The van der Waals surface area contributed by atoms with E-state index in [0.717, 1.165) is 23.1 Å². The van der Waals surface area contributed by atoms with E-state index in [1.807, 2.05) is 25.1 Å². The number of piperazine rings is 1. The standard InChI is InChI=1S/C14H19BrClN3O/c1-2-18-14(20)13-8-17-5-6-19(13)9-10-7-11(16)3-4-12(10)15/h3-4,7,13,17H,2,5-6,8-9H2,1H3,(H,18,20). The van der Waals surface area contributed by atoms with E-state index in [9.17, 15) is 4.79 Å². The Labute approximate surface area is 133 Å². The van der Waals surface area contributed by atoms with Crippen molar-refractivity contribution in [3.8, 4) is 0 Å². The molecule has 6 heteroatoms. The van der Waals surface area contributed by atoms with Crippen LogP contribution in [0.3, 0.4) is 0 Å². The Morgan fingerprint density at radius 3 is 3.15 bits per heavy atom. The van der Waals surface area contributed by atoms with Crippen molar-refractivity contribution in [1.82, 2.24) is 15.5 Å². The Morgan fingerprint density at radius 2 is 2.40 bits per heavy atom. The lowest BCUT2D eigenvalue weighted by Gasteiger charge is -2.35. The van der Waals surface area contributed by atoms with Crippen molar-refractivity contribution >= 4 is 33.4 Å². The molecule has 0 saturated carbocycles. The van der Waals surface area contributed by atoms with Gasteiger partial charge in [0.25, 0.3) is 0 Å². The van der Waals surface area contributed by atoms with Gasteiger partial charge in [-0.15, -0.1) is 0 Å². The lowest BCUT2D eigenvalue weighted by molar-refractivity contribution is -0.127. The molecule has 1 saturated heterocycles. The van der Waals surface area contributed by atoms with Gasteiger partial charge in [-0.05, 0) is 30.7 Å². The summed E-state index contributed by atoms with van der Waals surface area (Å²) < 4.78 is 1.02. The minimum Gasteiger partial charge on any atom is -0.355 e. The number of nitrogens with one attached hydrogen (secondary N) is 2. The molecule has 0 radical (unpaired) electrons. The van der Waals surface area contributed by atoms with Gasteiger partial charge in [-0.1, -0.05) is 27.5 Å². The third kappa shape index (κ3) is 3.95. The summed E-state index contributed by atoms with van der Waals surface area (Å²) in [6.07, 6.45) is 0. The highest BCUT2D eigenvalue weighted by atomic mass is 79.9. The van der Waals surface area contributed by atoms with Crippen molar-refractivity contribution in [2.75, 3.05) is 26.2 Å². The molecule has 1 amide bonds. The first-order valence-corrected chi connectivity index (χ1v) is 7.95. The topological polar surface area (TPSA) is 44.4 Å². The number of hydrogen-bond donors (Lipinski definition) is 2. The molecule has 1 aliphatic rings. The molecule has 2 rings (SSSR count). The molecule has 0 aromatic heterocycles. The van der Waals surface area contributed by atoms with Crippen molar-refractivity contribution in [1.29, 1.82) is 0 Å². The number of amides is 1. The second-order valence-electron chi connectivity index (χ2n) is 4.82. The van der Waals surface area contributed by atoms with Gasteiger partial charge in [0.1, 0.15) is 6.04 Å². The lowest BCUT2D eigenvalue weighted by Crippen LogP contribution is -2.57. The van der Waals surface area contributed by atoms with Crippen LogP contribution in [0, 0.1) is 0 Å². The van der Waals surface area contributed by atoms with E-state index in [-0.39, 0.29) is 11.9 Å². The Hall–Kier alpha value is -0.620. The van der Waals surface area contributed by atoms with E-state index in [0.29, 0.717) is 24.7 Å². The third-order valence-electron chi connectivity index (χ3n) is 3.39. The van der Waals surface area contributed by atoms with E-state index in [2.05, 4.69) is 31.5 Å². The first-order chi connectivity index (χ1) is 9.61. The summed E-state index contributed by atoms with van der Waals surface area (Å²) in [6.45, 7) is 5.74. The summed E-state index contributed by atoms with van der Waals surface area (Å²) in [6, 6.07) is 5.62. The van der Waals surface area contributed by atoms with Gasteiger partial charge in [-0.3, -0.25) is 9.69 Å². The summed E-state index contributed by atoms with van der Waals surface area (Å²) in [4.78, 5) is 14.3. The van der Waals surface area contributed by atoms with Gasteiger partial charge in [0.2, 0.25) is 5.91 Å². The zero-order valence-electron chi connectivity index (χ0n) is 11.5. The Kier molecular flexibility index (Phi) is 5.84. The molecule has 1 atom stereocenters. The molecular weight excluding hydrogens is 342 g/mol. The molecule has 1 aliphatic heterocycles. The zero-order valence-corrected chi connectivity index (χ0v) is 13.8. The van der Waals surface area contributed by atoms with E-state index >= 15 is 0 Å². The number of halogens is 2. The van der Waals surface area contributed by atoms with E-state index < -0.39 is 0 Å². The van der Waals surface area contributed by atoms with Gasteiger partial charge >= 0.3 is 0 Å². The number of benzene rings is 1. The van der Waals surface area contributed by atoms with Crippen LogP contribution in [0.25, 0.3) is 0 Å². The van der Waals surface area contributed by atoms with Crippen LogP contribution < -0.4 is 10.6 Å². The second kappa shape index (κ2) is 7.41. The minimum absolute atomic E-state index is 0.0813. The van der Waals surface area contributed by atoms with Crippen molar-refractivity contribution in [2.24, 2.45) is 0 Å². The van der Waals surface area contributed by atoms with Crippen LogP contribution in [0.5, 0.6) is 0 Å². The zero-order chi connectivity index (χ0) is 14.5. The number of carbonyl (C=O) groups excluding carboxylic acids is 1. The molecule has 1 unspecified atom stereocenters. The first kappa shape index (κ1) is 15.8. The molecule has 2 N–H and O–H groups in total. The summed E-state index contributed by atoms with van der Waals surface area (Å²) in [7, 11) is 0. The number of carbonyl (C=O) groups is 1. The highest BCUT2D eigenvalue weighted by Gasteiger charge is 2.28. The Morgan fingerprint density at radius 1 is 1.60 bits per heavy atom. The minimum atomic E-state index is -0.130. The Bertz CT molecular complexity index is 483. The second-order valence-corrected chi connectivity index (χ2v) is 6.11. The quantitative estimate of drug-likeness (QED) is 0.863. The molecule has 1 aromatic carbocycles. The maximum atomic E-state index is 12.1. The van der Waals surface area contributed by atoms with Crippen molar-refractivity contribution in [2.45, 2.75) is 19.5 Å². The molecule has 1 heterocycles. The number of rotatable bonds is 4. The molecular formula is C14H19BrClN3O. The highest BCUT2D eigenvalue weighted by Crippen LogP contribution is 2.23. The van der Waals surface area contributed by atoms with Crippen LogP contribution in [0.1, 0.15) is 12.5 Å². The first-order valence-electron chi connectivity index (χ1n) is 6.78. The largest absolute Gasteiger partial charge is 0.355 e.